The van der Waals surface area contributed by atoms with Gasteiger partial charge in [0.25, 0.3) is 11.8 Å². The zero-order chi connectivity index (χ0) is 17.5. The molecule has 0 radical (unpaired) electrons. The van der Waals surface area contributed by atoms with Crippen LogP contribution in [0.3, 0.4) is 0 Å². The summed E-state index contributed by atoms with van der Waals surface area (Å²) in [5, 5.41) is 14.8. The van der Waals surface area contributed by atoms with Crippen LogP contribution in [0.25, 0.3) is 6.08 Å². The van der Waals surface area contributed by atoms with Gasteiger partial charge in [-0.3, -0.25) is 9.59 Å². The lowest BCUT2D eigenvalue weighted by Crippen LogP contribution is -2.38. The molecule has 0 aliphatic rings. The van der Waals surface area contributed by atoms with Gasteiger partial charge in [-0.25, -0.2) is 0 Å². The molecule has 0 fully saturated rings. The summed E-state index contributed by atoms with van der Waals surface area (Å²) in [6, 6.07) is 15.0. The van der Waals surface area contributed by atoms with E-state index in [0.717, 1.165) is 0 Å². The summed E-state index contributed by atoms with van der Waals surface area (Å²) in [5.74, 6) is -0.601. The summed E-state index contributed by atoms with van der Waals surface area (Å²) < 4.78 is 0. The first kappa shape index (κ1) is 17.3. The molecule has 0 bridgehead atoms. The fourth-order valence-electron chi connectivity index (χ4n) is 2.02. The third kappa shape index (κ3) is 4.98. The number of phenols is 1. The molecule has 0 aromatic heterocycles. The summed E-state index contributed by atoms with van der Waals surface area (Å²) in [6.07, 6.45) is 1.57. The minimum absolute atomic E-state index is 0.0608. The number of amides is 2. The second kappa shape index (κ2) is 7.97. The van der Waals surface area contributed by atoms with Crippen molar-refractivity contribution in [3.63, 3.8) is 0 Å². The summed E-state index contributed by atoms with van der Waals surface area (Å²) in [5.41, 5.74) is 1.30. The predicted molar refractivity (Wildman–Crippen MR) is 93.3 cm³/mol. The molecule has 0 unspecified atom stereocenters. The Bertz CT molecular complexity index is 735. The Morgan fingerprint density at radius 2 is 1.62 bits per heavy atom. The Labute approximate surface area is 141 Å². The van der Waals surface area contributed by atoms with Crippen molar-refractivity contribution < 1.29 is 14.7 Å². The zero-order valence-corrected chi connectivity index (χ0v) is 13.6. The maximum Gasteiger partial charge on any atom is 0.268 e. The molecule has 0 aliphatic carbocycles. The highest BCUT2D eigenvalue weighted by molar-refractivity contribution is 6.05. The number of hydrogen-bond acceptors (Lipinski definition) is 3. The highest BCUT2D eigenvalue weighted by Crippen LogP contribution is 2.13. The quantitative estimate of drug-likeness (QED) is 0.740. The molecule has 124 valence electrons. The standard InChI is InChI=1S/C19H20N2O3/c1-13(2)20-19(24)17(12-14-8-10-16(22)11-9-14)21-18(23)15-6-4-3-5-7-15/h3-13,22H,1-2H3,(H,20,24)(H,21,23)/b17-12-. The van der Waals surface area contributed by atoms with E-state index in [9.17, 15) is 14.7 Å². The van der Waals surface area contributed by atoms with Crippen LogP contribution in [-0.4, -0.2) is 23.0 Å². The molecule has 0 saturated heterocycles. The molecule has 5 nitrogen and oxygen atoms in total. The number of nitrogens with one attached hydrogen (secondary N) is 2. The van der Waals surface area contributed by atoms with Gasteiger partial charge in [-0.1, -0.05) is 30.3 Å². The van der Waals surface area contributed by atoms with Crippen molar-refractivity contribution in [2.45, 2.75) is 19.9 Å². The van der Waals surface area contributed by atoms with Crippen molar-refractivity contribution in [3.8, 4) is 5.75 Å². The predicted octanol–water partition coefficient (Wildman–Crippen LogP) is 2.69. The Kier molecular flexibility index (Phi) is 5.73. The van der Waals surface area contributed by atoms with E-state index in [-0.39, 0.29) is 29.3 Å². The molecule has 0 spiro atoms. The fourth-order valence-corrected chi connectivity index (χ4v) is 2.02. The van der Waals surface area contributed by atoms with Crippen LogP contribution in [0.4, 0.5) is 0 Å². The smallest absolute Gasteiger partial charge is 0.268 e. The molecule has 5 heteroatoms. The van der Waals surface area contributed by atoms with Crippen LogP contribution in [0.1, 0.15) is 29.8 Å². The molecule has 3 N–H and O–H groups in total. The average molecular weight is 324 g/mol. The molecule has 0 atom stereocenters. The Morgan fingerprint density at radius 3 is 2.21 bits per heavy atom. The number of carbonyl (C=O) groups excluding carboxylic acids is 2. The number of benzene rings is 2. The van der Waals surface area contributed by atoms with Gasteiger partial charge in [-0.05, 0) is 49.8 Å². The van der Waals surface area contributed by atoms with Gasteiger partial charge < -0.3 is 15.7 Å². The lowest BCUT2D eigenvalue weighted by molar-refractivity contribution is -0.118. The molecular weight excluding hydrogens is 304 g/mol. The largest absolute Gasteiger partial charge is 0.508 e. The van der Waals surface area contributed by atoms with Crippen LogP contribution in [0.15, 0.2) is 60.3 Å². The maximum atomic E-state index is 12.3. The van der Waals surface area contributed by atoms with Gasteiger partial charge in [0, 0.05) is 11.6 Å². The highest BCUT2D eigenvalue weighted by Gasteiger charge is 2.15. The molecule has 0 saturated carbocycles. The number of phenolic OH excluding ortho intramolecular Hbond substituents is 1. The summed E-state index contributed by atoms with van der Waals surface area (Å²) >= 11 is 0. The van der Waals surface area contributed by atoms with Crippen molar-refractivity contribution >= 4 is 17.9 Å². The van der Waals surface area contributed by atoms with Gasteiger partial charge >= 0.3 is 0 Å². The van der Waals surface area contributed by atoms with Crippen LogP contribution >= 0.6 is 0 Å². The normalized spacial score (nSPS) is 11.2. The molecule has 2 aromatic rings. The van der Waals surface area contributed by atoms with Crippen LogP contribution in [0.2, 0.25) is 0 Å². The average Bonchev–Trinajstić information content (AvgIpc) is 2.56. The van der Waals surface area contributed by atoms with Gasteiger partial charge in [-0.2, -0.15) is 0 Å². The van der Waals surface area contributed by atoms with E-state index in [1.807, 2.05) is 19.9 Å². The molecule has 2 rings (SSSR count). The van der Waals surface area contributed by atoms with E-state index in [1.54, 1.807) is 42.5 Å². The monoisotopic (exact) mass is 324 g/mol. The molecule has 24 heavy (non-hydrogen) atoms. The number of rotatable bonds is 5. The first-order chi connectivity index (χ1) is 11.5. The van der Waals surface area contributed by atoms with Gasteiger partial charge in [0.1, 0.15) is 11.4 Å². The van der Waals surface area contributed by atoms with E-state index < -0.39 is 0 Å². The first-order valence-corrected chi connectivity index (χ1v) is 7.63. The zero-order valence-electron chi connectivity index (χ0n) is 13.6. The van der Waals surface area contributed by atoms with Crippen molar-refractivity contribution in [2.24, 2.45) is 0 Å². The lowest BCUT2D eigenvalue weighted by Gasteiger charge is -2.13. The second-order valence-electron chi connectivity index (χ2n) is 5.60. The Hall–Kier alpha value is -3.08. The SMILES string of the molecule is CC(C)NC(=O)/C(=C/c1ccc(O)cc1)NC(=O)c1ccccc1. The van der Waals surface area contributed by atoms with Crippen LogP contribution < -0.4 is 10.6 Å². The van der Waals surface area contributed by atoms with Crippen LogP contribution in [0, 0.1) is 0 Å². The van der Waals surface area contributed by atoms with Gasteiger partial charge in [-0.15, -0.1) is 0 Å². The molecule has 0 heterocycles. The summed E-state index contributed by atoms with van der Waals surface area (Å²) in [6.45, 7) is 3.68. The van der Waals surface area contributed by atoms with Crippen molar-refractivity contribution in [2.75, 3.05) is 0 Å². The van der Waals surface area contributed by atoms with Crippen molar-refractivity contribution in [3.05, 3.63) is 71.4 Å². The fraction of sp³-hybridized carbons (Fsp3) is 0.158. The third-order valence-electron chi connectivity index (χ3n) is 3.15. The summed E-state index contributed by atoms with van der Waals surface area (Å²) in [4.78, 5) is 24.7. The number of carbonyl (C=O) groups is 2. The highest BCUT2D eigenvalue weighted by atomic mass is 16.3. The van der Waals surface area contributed by atoms with E-state index >= 15 is 0 Å². The topological polar surface area (TPSA) is 78.4 Å². The minimum atomic E-state index is -0.373. The van der Waals surface area contributed by atoms with E-state index in [1.165, 1.54) is 12.1 Å². The Balaban J connectivity index is 2.27. The van der Waals surface area contributed by atoms with Crippen molar-refractivity contribution in [1.82, 2.24) is 10.6 Å². The molecule has 0 aliphatic heterocycles. The third-order valence-corrected chi connectivity index (χ3v) is 3.15. The van der Waals surface area contributed by atoms with Crippen molar-refractivity contribution in [1.29, 1.82) is 0 Å². The second-order valence-corrected chi connectivity index (χ2v) is 5.60. The molecule has 2 aromatic carbocycles. The van der Waals surface area contributed by atoms with E-state index in [4.69, 9.17) is 0 Å². The van der Waals surface area contributed by atoms with E-state index in [0.29, 0.717) is 11.1 Å². The molecule has 2 amide bonds. The lowest BCUT2D eigenvalue weighted by atomic mass is 10.1. The van der Waals surface area contributed by atoms with Crippen LogP contribution in [0.5, 0.6) is 5.75 Å². The van der Waals surface area contributed by atoms with E-state index in [2.05, 4.69) is 10.6 Å². The maximum absolute atomic E-state index is 12.3. The van der Waals surface area contributed by atoms with Gasteiger partial charge in [0.15, 0.2) is 0 Å². The van der Waals surface area contributed by atoms with Gasteiger partial charge in [0.2, 0.25) is 0 Å². The Morgan fingerprint density at radius 1 is 1.00 bits per heavy atom. The summed E-state index contributed by atoms with van der Waals surface area (Å²) in [7, 11) is 0. The first-order valence-electron chi connectivity index (χ1n) is 7.63. The minimum Gasteiger partial charge on any atom is -0.508 e. The van der Waals surface area contributed by atoms with Crippen LogP contribution in [-0.2, 0) is 4.79 Å². The molecular formula is C19H20N2O3. The van der Waals surface area contributed by atoms with Gasteiger partial charge in [0.05, 0.1) is 0 Å². The number of aromatic hydroxyl groups is 1. The number of hydrogen-bond donors (Lipinski definition) is 3.